The van der Waals surface area contributed by atoms with Crippen LogP contribution >= 0.6 is 0 Å². The molecule has 0 aliphatic carbocycles. The first-order valence-corrected chi connectivity index (χ1v) is 8.13. The molecule has 0 saturated carbocycles. The van der Waals surface area contributed by atoms with Crippen LogP contribution in [0.15, 0.2) is 48.5 Å². The Morgan fingerprint density at radius 2 is 1.96 bits per heavy atom. The summed E-state index contributed by atoms with van der Waals surface area (Å²) >= 11 is 0. The van der Waals surface area contributed by atoms with Crippen LogP contribution in [0.25, 0.3) is 0 Å². The molecule has 4 nitrogen and oxygen atoms in total. The van der Waals surface area contributed by atoms with E-state index in [0.29, 0.717) is 19.8 Å². The number of rotatable bonds is 6. The second-order valence-corrected chi connectivity index (χ2v) is 5.45. The molecular weight excluding hydrogens is 290 g/mol. The van der Waals surface area contributed by atoms with Gasteiger partial charge in [-0.3, -0.25) is 0 Å². The molecule has 1 aliphatic heterocycles. The summed E-state index contributed by atoms with van der Waals surface area (Å²) < 4.78 is 17.8. The molecule has 1 atom stereocenters. The molecule has 0 aromatic heterocycles. The Bertz CT molecular complexity index is 609. The smallest absolute Gasteiger partial charge is 0.167 e. The topological polar surface area (TPSA) is 39.7 Å². The predicted octanol–water partition coefficient (Wildman–Crippen LogP) is 3.33. The van der Waals surface area contributed by atoms with Gasteiger partial charge in [-0.1, -0.05) is 42.5 Å². The molecule has 2 aromatic rings. The van der Waals surface area contributed by atoms with Gasteiger partial charge in [0.25, 0.3) is 0 Å². The maximum atomic E-state index is 6.13. The number of benzene rings is 2. The molecule has 3 rings (SSSR count). The van der Waals surface area contributed by atoms with Crippen LogP contribution in [0.2, 0.25) is 0 Å². The third kappa shape index (κ3) is 4.03. The van der Waals surface area contributed by atoms with Gasteiger partial charge in [0.1, 0.15) is 6.61 Å². The molecule has 1 unspecified atom stereocenters. The van der Waals surface area contributed by atoms with E-state index in [1.165, 1.54) is 0 Å². The second-order valence-electron chi connectivity index (χ2n) is 5.45. The van der Waals surface area contributed by atoms with Crippen molar-refractivity contribution in [2.24, 2.45) is 0 Å². The molecule has 122 valence electrons. The summed E-state index contributed by atoms with van der Waals surface area (Å²) in [6, 6.07) is 16.1. The molecule has 23 heavy (non-hydrogen) atoms. The zero-order valence-electron chi connectivity index (χ0n) is 13.5. The highest BCUT2D eigenvalue weighted by Gasteiger charge is 2.22. The fourth-order valence-electron chi connectivity index (χ4n) is 2.70. The minimum absolute atomic E-state index is 0.00469. The lowest BCUT2D eigenvalue weighted by Crippen LogP contribution is -2.33. The zero-order valence-corrected chi connectivity index (χ0v) is 13.5. The van der Waals surface area contributed by atoms with Crippen molar-refractivity contribution < 1.29 is 14.2 Å². The lowest BCUT2D eigenvalue weighted by atomic mass is 10.1. The highest BCUT2D eigenvalue weighted by molar-refractivity contribution is 5.48. The molecule has 0 spiro atoms. The number of hydrogen-bond donors (Lipinski definition) is 1. The van der Waals surface area contributed by atoms with Crippen LogP contribution in [0.1, 0.15) is 24.2 Å². The lowest BCUT2D eigenvalue weighted by Gasteiger charge is -2.26. The zero-order chi connectivity index (χ0) is 15.9. The Morgan fingerprint density at radius 1 is 1.09 bits per heavy atom. The summed E-state index contributed by atoms with van der Waals surface area (Å²) in [6.07, 6.45) is -0.00469. The minimum atomic E-state index is -0.00469. The molecule has 1 aliphatic rings. The van der Waals surface area contributed by atoms with Crippen molar-refractivity contribution in [2.45, 2.75) is 19.6 Å². The van der Waals surface area contributed by atoms with Crippen LogP contribution in [0.5, 0.6) is 11.5 Å². The Labute approximate surface area is 137 Å². The average Bonchev–Trinajstić information content (AvgIpc) is 2.62. The first-order valence-electron chi connectivity index (χ1n) is 8.13. The monoisotopic (exact) mass is 313 g/mol. The molecule has 1 N–H and O–H groups in total. The van der Waals surface area contributed by atoms with E-state index in [-0.39, 0.29) is 6.10 Å². The average molecular weight is 313 g/mol. The van der Waals surface area contributed by atoms with Crippen molar-refractivity contribution in [3.63, 3.8) is 0 Å². The molecule has 0 bridgehead atoms. The lowest BCUT2D eigenvalue weighted by molar-refractivity contribution is 0.0254. The SMILES string of the molecule is CCOc1cccc(C2CNCCO2)c1OCc1ccccc1. The van der Waals surface area contributed by atoms with Crippen molar-refractivity contribution in [3.05, 3.63) is 59.7 Å². The second kappa shape index (κ2) is 7.99. The predicted molar refractivity (Wildman–Crippen MR) is 89.9 cm³/mol. The van der Waals surface area contributed by atoms with E-state index in [4.69, 9.17) is 14.2 Å². The molecule has 1 fully saturated rings. The maximum Gasteiger partial charge on any atom is 0.167 e. The van der Waals surface area contributed by atoms with E-state index < -0.39 is 0 Å². The van der Waals surface area contributed by atoms with Crippen molar-refractivity contribution in [1.29, 1.82) is 0 Å². The molecule has 2 aromatic carbocycles. The summed E-state index contributed by atoms with van der Waals surface area (Å²) in [5, 5.41) is 3.36. The Hall–Kier alpha value is -2.04. The van der Waals surface area contributed by atoms with E-state index in [1.54, 1.807) is 0 Å². The van der Waals surface area contributed by atoms with Gasteiger partial charge in [0, 0.05) is 18.7 Å². The van der Waals surface area contributed by atoms with Gasteiger partial charge in [0.2, 0.25) is 0 Å². The van der Waals surface area contributed by atoms with Gasteiger partial charge >= 0.3 is 0 Å². The minimum Gasteiger partial charge on any atom is -0.490 e. The van der Waals surface area contributed by atoms with Crippen LogP contribution in [0, 0.1) is 0 Å². The largest absolute Gasteiger partial charge is 0.490 e. The third-order valence-corrected chi connectivity index (χ3v) is 3.81. The quantitative estimate of drug-likeness (QED) is 0.888. The molecule has 0 amide bonds. The van der Waals surface area contributed by atoms with E-state index >= 15 is 0 Å². The standard InChI is InChI=1S/C19H23NO3/c1-2-21-17-10-6-9-16(18-13-20-11-12-22-18)19(17)23-14-15-7-4-3-5-8-15/h3-10,18,20H,2,11-14H2,1H3. The summed E-state index contributed by atoms with van der Waals surface area (Å²) in [5.74, 6) is 1.56. The molecule has 0 radical (unpaired) electrons. The third-order valence-electron chi connectivity index (χ3n) is 3.81. The number of para-hydroxylation sites is 1. The Morgan fingerprint density at radius 3 is 2.70 bits per heavy atom. The van der Waals surface area contributed by atoms with Crippen molar-refractivity contribution in [3.8, 4) is 11.5 Å². The van der Waals surface area contributed by atoms with Crippen molar-refractivity contribution in [1.82, 2.24) is 5.32 Å². The fourth-order valence-corrected chi connectivity index (χ4v) is 2.70. The highest BCUT2D eigenvalue weighted by Crippen LogP contribution is 2.37. The van der Waals surface area contributed by atoms with Gasteiger partial charge in [0.05, 0.1) is 19.3 Å². The van der Waals surface area contributed by atoms with Gasteiger partial charge in [-0.25, -0.2) is 0 Å². The first-order chi connectivity index (χ1) is 11.4. The van der Waals surface area contributed by atoms with Gasteiger partial charge in [-0.15, -0.1) is 0 Å². The maximum absolute atomic E-state index is 6.13. The van der Waals surface area contributed by atoms with Crippen LogP contribution < -0.4 is 14.8 Å². The van der Waals surface area contributed by atoms with Crippen molar-refractivity contribution in [2.75, 3.05) is 26.3 Å². The number of hydrogen-bond acceptors (Lipinski definition) is 4. The number of morpholine rings is 1. The molecule has 1 saturated heterocycles. The molecular formula is C19H23NO3. The van der Waals surface area contributed by atoms with Gasteiger partial charge in [0.15, 0.2) is 11.5 Å². The summed E-state index contributed by atoms with van der Waals surface area (Å²) in [5.41, 5.74) is 2.17. The van der Waals surface area contributed by atoms with Crippen LogP contribution in [0.4, 0.5) is 0 Å². The summed E-state index contributed by atoms with van der Waals surface area (Å²) in [7, 11) is 0. The van der Waals surface area contributed by atoms with E-state index in [1.807, 2.05) is 37.3 Å². The molecule has 4 heteroatoms. The number of nitrogens with one attached hydrogen (secondary N) is 1. The molecule has 1 heterocycles. The van der Waals surface area contributed by atoms with E-state index in [0.717, 1.165) is 35.7 Å². The van der Waals surface area contributed by atoms with Crippen LogP contribution in [-0.4, -0.2) is 26.3 Å². The van der Waals surface area contributed by atoms with E-state index in [9.17, 15) is 0 Å². The van der Waals surface area contributed by atoms with Gasteiger partial charge < -0.3 is 19.5 Å². The highest BCUT2D eigenvalue weighted by atomic mass is 16.5. The fraction of sp³-hybridized carbons (Fsp3) is 0.368. The van der Waals surface area contributed by atoms with Crippen LogP contribution in [-0.2, 0) is 11.3 Å². The van der Waals surface area contributed by atoms with E-state index in [2.05, 4.69) is 23.5 Å². The summed E-state index contributed by atoms with van der Waals surface area (Å²) in [4.78, 5) is 0. The normalized spacial score (nSPS) is 17.7. The van der Waals surface area contributed by atoms with Crippen molar-refractivity contribution >= 4 is 0 Å². The summed E-state index contributed by atoms with van der Waals surface area (Å²) in [6.45, 7) is 5.49. The first kappa shape index (κ1) is 15.8. The number of ether oxygens (including phenoxy) is 3. The Balaban J connectivity index is 1.84. The van der Waals surface area contributed by atoms with Crippen LogP contribution in [0.3, 0.4) is 0 Å². The van der Waals surface area contributed by atoms with Gasteiger partial charge in [-0.2, -0.15) is 0 Å². The Kier molecular flexibility index (Phi) is 5.51. The van der Waals surface area contributed by atoms with Gasteiger partial charge in [-0.05, 0) is 18.6 Å².